The van der Waals surface area contributed by atoms with E-state index in [1.807, 2.05) is 0 Å². The second kappa shape index (κ2) is 7.78. The quantitative estimate of drug-likeness (QED) is 0.476. The van der Waals surface area contributed by atoms with E-state index in [9.17, 15) is 0 Å². The Morgan fingerprint density at radius 2 is 1.11 bits per heavy atom. The van der Waals surface area contributed by atoms with E-state index in [0.29, 0.717) is 0 Å². The maximum atomic E-state index is 3.36. The average molecular weight is 324 g/mol. The molecule has 0 saturated carbocycles. The van der Waals surface area contributed by atoms with E-state index in [1.165, 1.54) is 10.4 Å². The molecule has 0 aromatic carbocycles. The van der Waals surface area contributed by atoms with Crippen LogP contribution >= 0.6 is 0 Å². The zero-order valence-electron chi connectivity index (χ0n) is 15.2. The van der Waals surface area contributed by atoms with Gasteiger partial charge < -0.3 is 2.85 Å². The Balaban J connectivity index is -0.000000270. The summed E-state index contributed by atoms with van der Waals surface area (Å²) in [5.41, 5.74) is 0. The summed E-state index contributed by atoms with van der Waals surface area (Å²) in [6, 6.07) is 0. The summed E-state index contributed by atoms with van der Waals surface area (Å²) in [5, 5.41) is 2.98. The van der Waals surface area contributed by atoms with Crippen molar-refractivity contribution in [2.45, 2.75) is 52.1 Å². The number of rotatable bonds is 2. The molecule has 19 heavy (non-hydrogen) atoms. The first-order valence-corrected chi connectivity index (χ1v) is 13.8. The van der Waals surface area contributed by atoms with Crippen LogP contribution in [0.5, 0.6) is 0 Å². The Morgan fingerprint density at radius 1 is 0.789 bits per heavy atom. The Kier molecular flexibility index (Phi) is 7.82. The topological polar surface area (TPSA) is 0 Å². The molecule has 0 radical (unpaired) electrons. The largest absolute Gasteiger partial charge is 4.00 e. The van der Waals surface area contributed by atoms with Crippen LogP contribution in [0, 0.1) is 12.2 Å². The van der Waals surface area contributed by atoms with Gasteiger partial charge in [0.15, 0.2) is 0 Å². The van der Waals surface area contributed by atoms with Gasteiger partial charge in [0.1, 0.15) is 0 Å². The first-order valence-electron chi connectivity index (χ1n) is 6.77. The summed E-state index contributed by atoms with van der Waals surface area (Å²) in [4.78, 5) is 0. The van der Waals surface area contributed by atoms with Crippen molar-refractivity contribution in [3.05, 3.63) is 46.8 Å². The van der Waals surface area contributed by atoms with Gasteiger partial charge in [-0.05, 0) is 0 Å². The van der Waals surface area contributed by atoms with Crippen molar-refractivity contribution in [3.8, 4) is 0 Å². The zero-order chi connectivity index (χ0) is 13.8. The molecule has 0 fully saturated rings. The fraction of sp³-hybridized carbons (Fsp3) is 0.500. The SMILES string of the molecule is C[Si](C)(C)C1=[C-]CC=C1.C[Si](C)(C)C1=[C-]CC=C1.[H-].[H-].[Ti+4]. The minimum Gasteiger partial charge on any atom is -1.00 e. The maximum absolute atomic E-state index is 3.36. The summed E-state index contributed by atoms with van der Waals surface area (Å²) in [6.07, 6.45) is 17.6. The Morgan fingerprint density at radius 3 is 1.21 bits per heavy atom. The van der Waals surface area contributed by atoms with E-state index in [2.05, 4.69) is 75.7 Å². The molecular weight excluding hydrogens is 296 g/mol. The second-order valence-electron chi connectivity index (χ2n) is 6.89. The monoisotopic (exact) mass is 324 g/mol. The van der Waals surface area contributed by atoms with E-state index < -0.39 is 16.1 Å². The van der Waals surface area contributed by atoms with Crippen LogP contribution in [-0.2, 0) is 21.7 Å². The predicted molar refractivity (Wildman–Crippen MR) is 89.9 cm³/mol. The van der Waals surface area contributed by atoms with Crippen molar-refractivity contribution < 1.29 is 24.6 Å². The second-order valence-corrected chi connectivity index (χ2v) is 17.0. The van der Waals surface area contributed by atoms with Crippen LogP contribution in [0.4, 0.5) is 0 Å². The fourth-order valence-electron chi connectivity index (χ4n) is 1.84. The minimum absolute atomic E-state index is 0. The molecule has 0 N–H and O–H groups in total. The van der Waals surface area contributed by atoms with Gasteiger partial charge in [-0.2, -0.15) is 12.2 Å². The van der Waals surface area contributed by atoms with E-state index in [-0.39, 0.29) is 24.6 Å². The van der Waals surface area contributed by atoms with Crippen LogP contribution in [0.15, 0.2) is 34.7 Å². The Labute approximate surface area is 139 Å². The normalized spacial score (nSPS) is 17.4. The molecule has 0 amide bonds. The number of hydrogen-bond acceptors (Lipinski definition) is 0. The van der Waals surface area contributed by atoms with Gasteiger partial charge >= 0.3 is 21.7 Å². The molecule has 0 saturated heterocycles. The molecule has 0 spiro atoms. The van der Waals surface area contributed by atoms with Gasteiger partial charge in [0.2, 0.25) is 0 Å². The molecule has 0 aliphatic heterocycles. The predicted octanol–water partition coefficient (Wildman–Crippen LogP) is 5.33. The summed E-state index contributed by atoms with van der Waals surface area (Å²) in [6.45, 7) is 14.1. The molecule has 0 aromatic rings. The van der Waals surface area contributed by atoms with Gasteiger partial charge in [-0.3, -0.25) is 12.2 Å². The molecule has 104 valence electrons. The third-order valence-corrected chi connectivity index (χ3v) is 6.92. The zero-order valence-corrected chi connectivity index (χ0v) is 16.8. The van der Waals surface area contributed by atoms with Gasteiger partial charge in [0, 0.05) is 16.1 Å². The van der Waals surface area contributed by atoms with Gasteiger partial charge in [-0.25, -0.2) is 22.5 Å². The molecule has 2 aliphatic rings. The minimum atomic E-state index is -1.01. The van der Waals surface area contributed by atoms with Crippen LogP contribution in [0.1, 0.15) is 15.7 Å². The van der Waals surface area contributed by atoms with Gasteiger partial charge in [-0.1, -0.05) is 39.3 Å². The van der Waals surface area contributed by atoms with E-state index in [0.717, 1.165) is 12.8 Å². The molecule has 0 unspecified atom stereocenters. The number of hydrogen-bond donors (Lipinski definition) is 0. The summed E-state index contributed by atoms with van der Waals surface area (Å²) >= 11 is 0. The van der Waals surface area contributed by atoms with Crippen molar-refractivity contribution in [1.29, 1.82) is 0 Å². The van der Waals surface area contributed by atoms with Gasteiger partial charge in [0.25, 0.3) is 0 Å². The molecule has 3 heteroatoms. The van der Waals surface area contributed by atoms with Crippen molar-refractivity contribution in [3.63, 3.8) is 0 Å². The summed E-state index contributed by atoms with van der Waals surface area (Å²) in [5.74, 6) is 0. The third-order valence-electron chi connectivity index (χ3n) is 3.01. The van der Waals surface area contributed by atoms with Gasteiger partial charge in [-0.15, -0.1) is 12.8 Å². The van der Waals surface area contributed by atoms with Crippen LogP contribution in [0.3, 0.4) is 0 Å². The van der Waals surface area contributed by atoms with E-state index in [4.69, 9.17) is 0 Å². The third kappa shape index (κ3) is 6.89. The first kappa shape index (κ1) is 19.1. The summed E-state index contributed by atoms with van der Waals surface area (Å²) < 4.78 is 0. The van der Waals surface area contributed by atoms with Crippen molar-refractivity contribution in [2.75, 3.05) is 0 Å². The molecule has 2 rings (SSSR count). The Hall–Kier alpha value is 0.108. The van der Waals surface area contributed by atoms with Crippen LogP contribution in [-0.4, -0.2) is 16.1 Å². The van der Waals surface area contributed by atoms with Crippen LogP contribution in [0.2, 0.25) is 39.3 Å². The smallest absolute Gasteiger partial charge is 1.00 e. The molecule has 0 nitrogen and oxygen atoms in total. The van der Waals surface area contributed by atoms with E-state index >= 15 is 0 Å². The molecule has 0 bridgehead atoms. The molecule has 0 aromatic heterocycles. The molecule has 2 aliphatic carbocycles. The Bertz CT molecular complexity index is 371. The molecular formula is C16H28Si2Ti. The van der Waals surface area contributed by atoms with Crippen LogP contribution in [0.25, 0.3) is 0 Å². The standard InChI is InChI=1S/2C8H13Si.Ti.2H/c2*1-9(2,3)8-6-4-5-7-8;;;/h2*4,6H,5H2,1-3H3;;;/q2*-1;+4;2*-1. The molecule has 0 heterocycles. The number of allylic oxidation sites excluding steroid dienone is 8. The first-order chi connectivity index (χ1) is 8.21. The van der Waals surface area contributed by atoms with E-state index in [1.54, 1.807) is 0 Å². The molecule has 0 atom stereocenters. The van der Waals surface area contributed by atoms with Crippen molar-refractivity contribution in [1.82, 2.24) is 0 Å². The average Bonchev–Trinajstić information content (AvgIpc) is 2.91. The van der Waals surface area contributed by atoms with Crippen LogP contribution < -0.4 is 0 Å². The van der Waals surface area contributed by atoms with Gasteiger partial charge in [0.05, 0.1) is 0 Å². The van der Waals surface area contributed by atoms with Crippen molar-refractivity contribution in [2.24, 2.45) is 0 Å². The van der Waals surface area contributed by atoms with Crippen molar-refractivity contribution >= 4 is 16.1 Å². The summed E-state index contributed by atoms with van der Waals surface area (Å²) in [7, 11) is -2.01. The fourth-order valence-corrected chi connectivity index (χ4v) is 4.34. The maximum Gasteiger partial charge on any atom is 4.00 e.